The number of thioether (sulfide) groups is 1. The highest BCUT2D eigenvalue weighted by Gasteiger charge is 2.22. The summed E-state index contributed by atoms with van der Waals surface area (Å²) in [4.78, 5) is 3.65. The van der Waals surface area contributed by atoms with E-state index in [1.165, 1.54) is 12.1 Å². The monoisotopic (exact) mass is 254 g/mol. The van der Waals surface area contributed by atoms with Crippen LogP contribution in [0.1, 0.15) is 6.92 Å². The zero-order chi connectivity index (χ0) is 12.1. The van der Waals surface area contributed by atoms with Gasteiger partial charge in [-0.2, -0.15) is 0 Å². The SMILES string of the molecule is CCN(CCSc1ccc(F)cc1)C1CNC1. The number of benzene rings is 1. The summed E-state index contributed by atoms with van der Waals surface area (Å²) in [6, 6.07) is 7.46. The summed E-state index contributed by atoms with van der Waals surface area (Å²) in [6.07, 6.45) is 0. The summed E-state index contributed by atoms with van der Waals surface area (Å²) < 4.78 is 12.7. The Morgan fingerprint density at radius 3 is 2.59 bits per heavy atom. The lowest BCUT2D eigenvalue weighted by molar-refractivity contribution is 0.162. The lowest BCUT2D eigenvalue weighted by Crippen LogP contribution is -2.57. The molecule has 4 heteroatoms. The van der Waals surface area contributed by atoms with Crippen molar-refractivity contribution >= 4 is 11.8 Å². The minimum Gasteiger partial charge on any atom is -0.314 e. The van der Waals surface area contributed by atoms with Crippen molar-refractivity contribution in [2.24, 2.45) is 0 Å². The van der Waals surface area contributed by atoms with Crippen molar-refractivity contribution in [2.75, 3.05) is 31.9 Å². The van der Waals surface area contributed by atoms with E-state index in [2.05, 4.69) is 17.1 Å². The third-order valence-electron chi connectivity index (χ3n) is 3.14. The van der Waals surface area contributed by atoms with Gasteiger partial charge in [0.05, 0.1) is 0 Å². The van der Waals surface area contributed by atoms with Crippen LogP contribution < -0.4 is 5.32 Å². The van der Waals surface area contributed by atoms with Gasteiger partial charge in [-0.25, -0.2) is 4.39 Å². The van der Waals surface area contributed by atoms with Crippen LogP contribution in [-0.4, -0.2) is 42.9 Å². The summed E-state index contributed by atoms with van der Waals surface area (Å²) in [5.41, 5.74) is 0. The molecule has 0 spiro atoms. The quantitative estimate of drug-likeness (QED) is 0.784. The second-order valence-corrected chi connectivity index (χ2v) is 5.41. The third kappa shape index (κ3) is 3.69. The zero-order valence-electron chi connectivity index (χ0n) is 10.2. The van der Waals surface area contributed by atoms with Crippen LogP contribution in [0.25, 0.3) is 0 Å². The molecule has 1 aliphatic rings. The Hall–Kier alpha value is -0.580. The van der Waals surface area contributed by atoms with Crippen LogP contribution in [0.3, 0.4) is 0 Å². The van der Waals surface area contributed by atoms with Crippen LogP contribution in [0.4, 0.5) is 4.39 Å². The molecule has 17 heavy (non-hydrogen) atoms. The average Bonchev–Trinajstić information content (AvgIpc) is 2.28. The first-order valence-electron chi connectivity index (χ1n) is 6.12. The van der Waals surface area contributed by atoms with Gasteiger partial charge >= 0.3 is 0 Å². The summed E-state index contributed by atoms with van der Waals surface area (Å²) >= 11 is 1.80. The Morgan fingerprint density at radius 2 is 2.06 bits per heavy atom. The molecule has 0 saturated carbocycles. The molecule has 0 aromatic heterocycles. The Labute approximate surface area is 107 Å². The standard InChI is InChI=1S/C13H19FN2S/c1-2-16(12-9-15-10-12)7-8-17-13-5-3-11(14)4-6-13/h3-6,12,15H,2,7-10H2,1H3. The molecule has 1 aromatic carbocycles. The molecule has 1 N–H and O–H groups in total. The van der Waals surface area contributed by atoms with Gasteiger partial charge in [-0.3, -0.25) is 4.90 Å². The molecular formula is C13H19FN2S. The first kappa shape index (κ1) is 12.9. The van der Waals surface area contributed by atoms with Crippen molar-refractivity contribution < 1.29 is 4.39 Å². The molecule has 0 unspecified atom stereocenters. The van der Waals surface area contributed by atoms with E-state index in [1.54, 1.807) is 11.8 Å². The molecule has 0 radical (unpaired) electrons. The van der Waals surface area contributed by atoms with Crippen LogP contribution in [0.2, 0.25) is 0 Å². The van der Waals surface area contributed by atoms with Gasteiger partial charge in [0.1, 0.15) is 5.82 Å². The number of likely N-dealkylation sites (N-methyl/N-ethyl adjacent to an activating group) is 1. The van der Waals surface area contributed by atoms with Crippen LogP contribution >= 0.6 is 11.8 Å². The van der Waals surface area contributed by atoms with E-state index in [-0.39, 0.29) is 5.82 Å². The maximum Gasteiger partial charge on any atom is 0.123 e. The van der Waals surface area contributed by atoms with Gasteiger partial charge in [0.2, 0.25) is 0 Å². The molecule has 1 aromatic rings. The maximum atomic E-state index is 12.7. The number of halogens is 1. The van der Waals surface area contributed by atoms with E-state index < -0.39 is 0 Å². The van der Waals surface area contributed by atoms with Crippen molar-refractivity contribution in [3.63, 3.8) is 0 Å². The van der Waals surface area contributed by atoms with E-state index in [0.717, 1.165) is 36.8 Å². The molecular weight excluding hydrogens is 235 g/mol. The first-order chi connectivity index (χ1) is 8.29. The lowest BCUT2D eigenvalue weighted by atomic mass is 10.1. The molecule has 0 atom stereocenters. The third-order valence-corrected chi connectivity index (χ3v) is 4.14. The Morgan fingerprint density at radius 1 is 1.35 bits per heavy atom. The molecule has 2 nitrogen and oxygen atoms in total. The lowest BCUT2D eigenvalue weighted by Gasteiger charge is -2.37. The Kier molecular flexibility index (Phi) is 4.83. The van der Waals surface area contributed by atoms with Gasteiger partial charge in [-0.15, -0.1) is 11.8 Å². The molecule has 1 fully saturated rings. The highest BCUT2D eigenvalue weighted by atomic mass is 32.2. The van der Waals surface area contributed by atoms with Gasteiger partial charge in [0.15, 0.2) is 0 Å². The highest BCUT2D eigenvalue weighted by Crippen LogP contribution is 2.18. The topological polar surface area (TPSA) is 15.3 Å². The number of hydrogen-bond donors (Lipinski definition) is 1. The summed E-state index contributed by atoms with van der Waals surface area (Å²) in [6.45, 7) is 6.66. The average molecular weight is 254 g/mol. The van der Waals surface area contributed by atoms with E-state index in [1.807, 2.05) is 12.1 Å². The molecule has 0 aliphatic carbocycles. The van der Waals surface area contributed by atoms with Crippen molar-refractivity contribution in [1.82, 2.24) is 10.2 Å². The van der Waals surface area contributed by atoms with Gasteiger partial charge in [-0.05, 0) is 30.8 Å². The molecule has 94 valence electrons. The smallest absolute Gasteiger partial charge is 0.123 e. The number of nitrogens with one attached hydrogen (secondary N) is 1. The summed E-state index contributed by atoms with van der Waals surface area (Å²) in [7, 11) is 0. The van der Waals surface area contributed by atoms with E-state index >= 15 is 0 Å². The maximum absolute atomic E-state index is 12.7. The van der Waals surface area contributed by atoms with Gasteiger partial charge in [0, 0.05) is 36.3 Å². The minimum atomic E-state index is -0.162. The largest absolute Gasteiger partial charge is 0.314 e. The van der Waals surface area contributed by atoms with Crippen molar-refractivity contribution in [1.29, 1.82) is 0 Å². The van der Waals surface area contributed by atoms with E-state index in [9.17, 15) is 4.39 Å². The summed E-state index contributed by atoms with van der Waals surface area (Å²) in [5.74, 6) is 0.903. The van der Waals surface area contributed by atoms with Crippen LogP contribution in [0.15, 0.2) is 29.2 Å². The molecule has 1 aliphatic heterocycles. The van der Waals surface area contributed by atoms with Crippen molar-refractivity contribution in [2.45, 2.75) is 17.9 Å². The number of nitrogens with zero attached hydrogens (tertiary/aromatic N) is 1. The first-order valence-corrected chi connectivity index (χ1v) is 7.11. The predicted molar refractivity (Wildman–Crippen MR) is 71.0 cm³/mol. The molecule has 0 bridgehead atoms. The fourth-order valence-electron chi connectivity index (χ4n) is 1.94. The van der Waals surface area contributed by atoms with Crippen LogP contribution in [-0.2, 0) is 0 Å². The predicted octanol–water partition coefficient (Wildman–Crippen LogP) is 2.21. The van der Waals surface area contributed by atoms with Gasteiger partial charge in [0.25, 0.3) is 0 Å². The second kappa shape index (κ2) is 6.38. The molecule has 1 saturated heterocycles. The van der Waals surface area contributed by atoms with E-state index in [0.29, 0.717) is 6.04 Å². The Balaban J connectivity index is 1.72. The molecule has 1 heterocycles. The van der Waals surface area contributed by atoms with Gasteiger partial charge in [-0.1, -0.05) is 6.92 Å². The van der Waals surface area contributed by atoms with Crippen LogP contribution in [0.5, 0.6) is 0 Å². The zero-order valence-corrected chi connectivity index (χ0v) is 11.0. The molecule has 0 amide bonds. The Bertz CT molecular complexity index is 338. The second-order valence-electron chi connectivity index (χ2n) is 4.24. The van der Waals surface area contributed by atoms with Crippen molar-refractivity contribution in [3.05, 3.63) is 30.1 Å². The molecule has 2 rings (SSSR count). The fourth-order valence-corrected chi connectivity index (χ4v) is 2.83. The normalized spacial score (nSPS) is 16.2. The van der Waals surface area contributed by atoms with Crippen LogP contribution in [0, 0.1) is 5.82 Å². The fraction of sp³-hybridized carbons (Fsp3) is 0.538. The minimum absolute atomic E-state index is 0.162. The van der Waals surface area contributed by atoms with Gasteiger partial charge < -0.3 is 5.32 Å². The van der Waals surface area contributed by atoms with Crippen molar-refractivity contribution in [3.8, 4) is 0 Å². The number of rotatable bonds is 6. The summed E-state index contributed by atoms with van der Waals surface area (Å²) in [5, 5.41) is 3.30. The number of hydrogen-bond acceptors (Lipinski definition) is 3. The highest BCUT2D eigenvalue weighted by molar-refractivity contribution is 7.99. The van der Waals surface area contributed by atoms with E-state index in [4.69, 9.17) is 0 Å².